The van der Waals surface area contributed by atoms with Crippen molar-refractivity contribution in [2.45, 2.75) is 37.3 Å². The molecule has 1 aliphatic heterocycles. The molecule has 34 heavy (non-hydrogen) atoms. The highest BCUT2D eigenvalue weighted by molar-refractivity contribution is 7.18. The van der Waals surface area contributed by atoms with E-state index in [2.05, 4.69) is 33.4 Å². The van der Waals surface area contributed by atoms with Crippen LogP contribution in [0, 0.1) is 0 Å². The van der Waals surface area contributed by atoms with Crippen LogP contribution in [0.5, 0.6) is 0 Å². The maximum Gasteiger partial charge on any atom is 0.319 e. The number of thiophene rings is 1. The molecule has 5 rings (SSSR count). The van der Waals surface area contributed by atoms with Crippen molar-refractivity contribution in [3.8, 4) is 10.4 Å². The maximum atomic E-state index is 13.2. The van der Waals surface area contributed by atoms with Gasteiger partial charge < -0.3 is 21.3 Å². The molecule has 0 spiro atoms. The topological polar surface area (TPSA) is 82.3 Å². The van der Waals surface area contributed by atoms with Crippen LogP contribution >= 0.6 is 22.9 Å². The molecule has 1 aliphatic carbocycles. The Bertz CT molecular complexity index is 1160. The van der Waals surface area contributed by atoms with Gasteiger partial charge in [0.1, 0.15) is 4.88 Å². The average Bonchev–Trinajstić information content (AvgIpc) is 3.49. The predicted octanol–water partition coefficient (Wildman–Crippen LogP) is 5.23. The zero-order valence-corrected chi connectivity index (χ0v) is 20.2. The Morgan fingerprint density at radius 3 is 2.56 bits per heavy atom. The predicted molar refractivity (Wildman–Crippen MR) is 138 cm³/mol. The third-order valence-electron chi connectivity index (χ3n) is 6.28. The van der Waals surface area contributed by atoms with Crippen LogP contribution in [-0.4, -0.2) is 37.1 Å². The fourth-order valence-corrected chi connectivity index (χ4v) is 5.53. The fourth-order valence-electron chi connectivity index (χ4n) is 4.38. The summed E-state index contributed by atoms with van der Waals surface area (Å²) in [7, 11) is 0. The van der Waals surface area contributed by atoms with Gasteiger partial charge in [-0.1, -0.05) is 54.1 Å². The molecule has 0 radical (unpaired) electrons. The quantitative estimate of drug-likeness (QED) is 0.379. The van der Waals surface area contributed by atoms with E-state index in [0.29, 0.717) is 21.5 Å². The molecule has 0 unspecified atom stereocenters. The molecule has 3 amide bonds. The van der Waals surface area contributed by atoms with Crippen molar-refractivity contribution in [1.82, 2.24) is 16.0 Å². The second-order valence-electron chi connectivity index (χ2n) is 8.83. The van der Waals surface area contributed by atoms with Gasteiger partial charge in [0.25, 0.3) is 5.91 Å². The average molecular weight is 495 g/mol. The molecule has 6 nitrogen and oxygen atoms in total. The smallest absolute Gasteiger partial charge is 0.319 e. The van der Waals surface area contributed by atoms with E-state index in [0.717, 1.165) is 42.8 Å². The zero-order valence-electron chi connectivity index (χ0n) is 18.6. The van der Waals surface area contributed by atoms with E-state index in [9.17, 15) is 9.59 Å². The fraction of sp³-hybridized carbons (Fsp3) is 0.308. The number of anilines is 1. The molecular weight excluding hydrogens is 468 g/mol. The summed E-state index contributed by atoms with van der Waals surface area (Å²) in [5, 5.41) is 13.1. The van der Waals surface area contributed by atoms with Gasteiger partial charge in [0.05, 0.1) is 5.69 Å². The van der Waals surface area contributed by atoms with Gasteiger partial charge in [-0.05, 0) is 55.1 Å². The molecule has 2 fully saturated rings. The summed E-state index contributed by atoms with van der Waals surface area (Å²) in [4.78, 5) is 27.4. The number of halogens is 1. The SMILES string of the molecule is O=C(Nc1cc(-c2ccc(Cl)cc2)sc1C(=O)N[C@H]1CCCNC1)N[C@H]1C[C@@H]1c1ccccc1. The monoisotopic (exact) mass is 494 g/mol. The second-order valence-corrected chi connectivity index (χ2v) is 10.3. The van der Waals surface area contributed by atoms with Crippen LogP contribution in [-0.2, 0) is 0 Å². The van der Waals surface area contributed by atoms with E-state index in [-0.39, 0.29) is 24.0 Å². The Balaban J connectivity index is 1.31. The van der Waals surface area contributed by atoms with E-state index in [1.807, 2.05) is 48.5 Å². The second kappa shape index (κ2) is 10.2. The molecule has 2 aromatic carbocycles. The van der Waals surface area contributed by atoms with Crippen LogP contribution < -0.4 is 21.3 Å². The highest BCUT2D eigenvalue weighted by atomic mass is 35.5. The molecule has 3 aromatic rings. The number of hydrogen-bond donors (Lipinski definition) is 4. The summed E-state index contributed by atoms with van der Waals surface area (Å²) in [6.07, 6.45) is 2.89. The molecule has 2 aliphatic rings. The molecule has 176 valence electrons. The third-order valence-corrected chi connectivity index (χ3v) is 7.72. The molecule has 1 saturated heterocycles. The first-order chi connectivity index (χ1) is 16.6. The lowest BCUT2D eigenvalue weighted by Crippen LogP contribution is -2.45. The summed E-state index contributed by atoms with van der Waals surface area (Å²) < 4.78 is 0. The molecule has 1 saturated carbocycles. The molecule has 4 N–H and O–H groups in total. The standard InChI is InChI=1S/C26H27ClN4O2S/c27-18-10-8-17(9-11-18)23-14-22(24(34-23)25(32)29-19-7-4-12-28-15-19)31-26(33)30-21-13-20(21)16-5-2-1-3-6-16/h1-3,5-6,8-11,14,19-21,28H,4,7,12-13,15H2,(H,29,32)(H2,30,31,33)/t19-,20+,21-/m0/s1. The van der Waals surface area contributed by atoms with Crippen LogP contribution in [0.3, 0.4) is 0 Å². The number of carbonyl (C=O) groups is 2. The van der Waals surface area contributed by atoms with Crippen molar-refractivity contribution in [1.29, 1.82) is 0 Å². The van der Waals surface area contributed by atoms with Crippen molar-refractivity contribution in [2.75, 3.05) is 18.4 Å². The Morgan fingerprint density at radius 2 is 1.82 bits per heavy atom. The van der Waals surface area contributed by atoms with E-state index in [4.69, 9.17) is 11.6 Å². The van der Waals surface area contributed by atoms with Gasteiger partial charge in [0.15, 0.2) is 0 Å². The minimum absolute atomic E-state index is 0.0853. The number of benzene rings is 2. The van der Waals surface area contributed by atoms with Gasteiger partial charge in [-0.15, -0.1) is 11.3 Å². The van der Waals surface area contributed by atoms with Crippen LogP contribution in [0.2, 0.25) is 5.02 Å². The summed E-state index contributed by atoms with van der Waals surface area (Å²) in [5.74, 6) is 0.170. The summed E-state index contributed by atoms with van der Waals surface area (Å²) in [5.41, 5.74) is 2.70. The number of nitrogens with one attached hydrogen (secondary N) is 4. The van der Waals surface area contributed by atoms with Gasteiger partial charge in [-0.25, -0.2) is 4.79 Å². The van der Waals surface area contributed by atoms with E-state index >= 15 is 0 Å². The molecule has 3 atom stereocenters. The van der Waals surface area contributed by atoms with Crippen molar-refractivity contribution >= 4 is 40.6 Å². The maximum absolute atomic E-state index is 13.2. The van der Waals surface area contributed by atoms with Crippen LogP contribution in [0.4, 0.5) is 10.5 Å². The van der Waals surface area contributed by atoms with Gasteiger partial charge in [0, 0.05) is 34.4 Å². The Kier molecular flexibility index (Phi) is 6.85. The first kappa shape index (κ1) is 22.9. The van der Waals surface area contributed by atoms with E-state index < -0.39 is 0 Å². The van der Waals surface area contributed by atoms with Crippen LogP contribution in [0.15, 0.2) is 60.7 Å². The molecule has 0 bridgehead atoms. The number of piperidine rings is 1. The van der Waals surface area contributed by atoms with E-state index in [1.165, 1.54) is 16.9 Å². The minimum Gasteiger partial charge on any atom is -0.347 e. The Labute approximate surface area is 208 Å². The summed E-state index contributed by atoms with van der Waals surface area (Å²) >= 11 is 7.41. The third kappa shape index (κ3) is 5.43. The molecule has 2 heterocycles. The number of urea groups is 1. The molecule has 8 heteroatoms. The van der Waals surface area contributed by atoms with Gasteiger partial charge >= 0.3 is 6.03 Å². The summed E-state index contributed by atoms with van der Waals surface area (Å²) in [6, 6.07) is 19.4. The number of amides is 3. The highest BCUT2D eigenvalue weighted by Gasteiger charge is 2.39. The van der Waals surface area contributed by atoms with Gasteiger partial charge in [-0.3, -0.25) is 4.79 Å². The summed E-state index contributed by atoms with van der Waals surface area (Å²) in [6.45, 7) is 1.73. The number of rotatable bonds is 6. The van der Waals surface area contributed by atoms with Crippen molar-refractivity contribution < 1.29 is 9.59 Å². The Morgan fingerprint density at radius 1 is 1.03 bits per heavy atom. The first-order valence-electron chi connectivity index (χ1n) is 11.6. The normalized spacial score (nSPS) is 21.5. The largest absolute Gasteiger partial charge is 0.347 e. The highest BCUT2D eigenvalue weighted by Crippen LogP contribution is 2.41. The van der Waals surface area contributed by atoms with Crippen molar-refractivity contribution in [2.24, 2.45) is 0 Å². The van der Waals surface area contributed by atoms with Crippen LogP contribution in [0.1, 0.15) is 40.4 Å². The minimum atomic E-state index is -0.294. The molecular formula is C26H27ClN4O2S. The van der Waals surface area contributed by atoms with Crippen LogP contribution in [0.25, 0.3) is 10.4 Å². The van der Waals surface area contributed by atoms with Gasteiger partial charge in [-0.2, -0.15) is 0 Å². The lowest BCUT2D eigenvalue weighted by atomic mass is 10.1. The molecule has 1 aromatic heterocycles. The van der Waals surface area contributed by atoms with Crippen molar-refractivity contribution in [3.63, 3.8) is 0 Å². The lowest BCUT2D eigenvalue weighted by Gasteiger charge is -2.23. The first-order valence-corrected chi connectivity index (χ1v) is 12.8. The number of carbonyl (C=O) groups excluding carboxylic acids is 2. The lowest BCUT2D eigenvalue weighted by molar-refractivity contribution is 0.0935. The zero-order chi connectivity index (χ0) is 23.5. The van der Waals surface area contributed by atoms with Crippen molar-refractivity contribution in [3.05, 3.63) is 76.1 Å². The number of hydrogen-bond acceptors (Lipinski definition) is 4. The van der Waals surface area contributed by atoms with Gasteiger partial charge in [0.2, 0.25) is 0 Å². The Hall–Kier alpha value is -2.87. The van der Waals surface area contributed by atoms with E-state index in [1.54, 1.807) is 0 Å².